The Labute approximate surface area is 139 Å². The van der Waals surface area contributed by atoms with E-state index in [0.717, 1.165) is 0 Å². The number of hydrogen-bond donors (Lipinski definition) is 5. The van der Waals surface area contributed by atoms with Crippen LogP contribution in [0.15, 0.2) is 0 Å². The predicted octanol–water partition coefficient (Wildman–Crippen LogP) is -0.798. The van der Waals surface area contributed by atoms with Gasteiger partial charge in [-0.2, -0.15) is 6.92 Å². The molecule has 0 atom stereocenters. The van der Waals surface area contributed by atoms with Crippen LogP contribution in [0.2, 0.25) is 0 Å². The van der Waals surface area contributed by atoms with Gasteiger partial charge in [0.05, 0.1) is 0 Å². The molecular weight excluding hydrogens is 257 g/mol. The molecule has 0 saturated carbocycles. The van der Waals surface area contributed by atoms with Gasteiger partial charge in [-0.1, -0.05) is 24.4 Å². The number of nitrogens with two attached hydrogens (primary N) is 1. The Bertz CT molecular complexity index is 69.3. The van der Waals surface area contributed by atoms with Gasteiger partial charge in [-0.25, -0.2) is 0 Å². The molecular formula is C4H16KN3S4. The quantitative estimate of drug-likeness (QED) is 0.172. The van der Waals surface area contributed by atoms with Crippen LogP contribution >= 0.6 is 49.7 Å². The SMILES string of the molecule is N.N.NC(=S)S.S=CS.[CH2-]C.[K+]. The number of thiol groups is 2. The zero-order chi connectivity index (χ0) is 8.28. The molecule has 0 spiro atoms. The Morgan fingerprint density at radius 3 is 1.42 bits per heavy atom. The van der Waals surface area contributed by atoms with Crippen molar-refractivity contribution >= 4 is 58.7 Å². The van der Waals surface area contributed by atoms with Gasteiger partial charge in [0.15, 0.2) is 0 Å². The average molecular weight is 274 g/mol. The summed E-state index contributed by atoms with van der Waals surface area (Å²) in [6.45, 7) is 5.00. The van der Waals surface area contributed by atoms with Gasteiger partial charge in [-0.05, 0) is 0 Å². The van der Waals surface area contributed by atoms with Crippen molar-refractivity contribution in [2.45, 2.75) is 6.92 Å². The summed E-state index contributed by atoms with van der Waals surface area (Å²) < 4.78 is 1.47. The molecule has 3 nitrogen and oxygen atoms in total. The third kappa shape index (κ3) is 309. The molecule has 0 aliphatic carbocycles. The standard InChI is InChI=1S/C2H5.CH3NS2.CH2S2.K.2H3N/c1-2;2-1(3)4;2-1-3;;;/h1H2,2H3;(H3,2,3,4);1H,(H,2,3);;2*1H3/q-1;;;+1;;. The van der Waals surface area contributed by atoms with Gasteiger partial charge in [0, 0.05) is 4.70 Å². The van der Waals surface area contributed by atoms with Crippen molar-refractivity contribution in [1.82, 2.24) is 12.3 Å². The normalized spacial score (nSPS) is 3.67. The van der Waals surface area contributed by atoms with Gasteiger partial charge in [-0.3, -0.25) is 0 Å². The summed E-state index contributed by atoms with van der Waals surface area (Å²) in [5, 5.41) is 0. The van der Waals surface area contributed by atoms with E-state index in [1.54, 1.807) is 6.92 Å². The van der Waals surface area contributed by atoms with Crippen LogP contribution in [0.5, 0.6) is 0 Å². The summed E-state index contributed by atoms with van der Waals surface area (Å²) in [7, 11) is 0. The number of rotatable bonds is 0. The molecule has 0 radical (unpaired) electrons. The van der Waals surface area contributed by atoms with E-state index in [0.29, 0.717) is 0 Å². The van der Waals surface area contributed by atoms with Gasteiger partial charge in [-0.15, -0.1) is 25.3 Å². The van der Waals surface area contributed by atoms with Crippen molar-refractivity contribution < 1.29 is 51.4 Å². The average Bonchev–Trinajstić information content (AvgIpc) is 1.71. The monoisotopic (exact) mass is 273 g/mol. The van der Waals surface area contributed by atoms with Crippen LogP contribution in [0.3, 0.4) is 0 Å². The fraction of sp³-hybridized carbons (Fsp3) is 0.250. The maximum Gasteiger partial charge on any atom is 1.00 e. The zero-order valence-corrected chi connectivity index (χ0v) is 14.0. The van der Waals surface area contributed by atoms with Gasteiger partial charge in [0.2, 0.25) is 0 Å². The van der Waals surface area contributed by atoms with E-state index in [4.69, 9.17) is 5.73 Å². The first kappa shape index (κ1) is 36.8. The fourth-order valence-corrected chi connectivity index (χ4v) is 0. The van der Waals surface area contributed by atoms with E-state index in [9.17, 15) is 0 Å². The summed E-state index contributed by atoms with van der Waals surface area (Å²) in [6.07, 6.45) is 0. The number of thiocarbonyl (C=S) groups is 2. The third-order valence-corrected chi connectivity index (χ3v) is 0. The Morgan fingerprint density at radius 1 is 1.42 bits per heavy atom. The minimum absolute atomic E-state index is 0. The molecule has 0 rings (SSSR count). The summed E-state index contributed by atoms with van der Waals surface area (Å²) in [4.78, 5) is 0. The Hall–Kier alpha value is 2.24. The molecule has 0 heterocycles. The zero-order valence-electron chi connectivity index (χ0n) is 7.49. The molecule has 0 bridgehead atoms. The van der Waals surface area contributed by atoms with Crippen molar-refractivity contribution in [1.29, 1.82) is 0 Å². The minimum Gasteiger partial charge on any atom is -0.385 e. The van der Waals surface area contributed by atoms with E-state index in [-0.39, 0.29) is 68.0 Å². The van der Waals surface area contributed by atoms with E-state index >= 15 is 0 Å². The van der Waals surface area contributed by atoms with Crippen molar-refractivity contribution in [3.63, 3.8) is 0 Å². The van der Waals surface area contributed by atoms with E-state index in [2.05, 4.69) is 56.6 Å². The number of hydrogen-bond acceptors (Lipinski definition) is 4. The second kappa shape index (κ2) is 51.0. The van der Waals surface area contributed by atoms with Gasteiger partial charge < -0.3 is 25.0 Å². The molecule has 8 heteroatoms. The topological polar surface area (TPSA) is 96.0 Å². The van der Waals surface area contributed by atoms with Crippen molar-refractivity contribution in [3.05, 3.63) is 6.92 Å². The maximum atomic E-state index is 4.71. The van der Waals surface area contributed by atoms with Gasteiger partial charge >= 0.3 is 51.4 Å². The summed E-state index contributed by atoms with van der Waals surface area (Å²) in [5.74, 6) is 0. The summed E-state index contributed by atoms with van der Waals surface area (Å²) >= 11 is 15.3. The minimum atomic E-state index is 0. The molecule has 8 N–H and O–H groups in total. The molecule has 0 aliphatic rings. The molecule has 0 aliphatic heterocycles. The van der Waals surface area contributed by atoms with Gasteiger partial charge in [0.1, 0.15) is 4.32 Å². The Balaban J connectivity index is -0.0000000105. The fourth-order valence-electron chi connectivity index (χ4n) is 0. The van der Waals surface area contributed by atoms with Crippen LogP contribution in [0.4, 0.5) is 0 Å². The molecule has 0 aromatic heterocycles. The molecule has 0 unspecified atom stereocenters. The molecule has 12 heavy (non-hydrogen) atoms. The summed E-state index contributed by atoms with van der Waals surface area (Å²) in [5.41, 5.74) is 4.71. The second-order valence-corrected chi connectivity index (χ2v) is 2.51. The van der Waals surface area contributed by atoms with Crippen molar-refractivity contribution in [2.24, 2.45) is 5.73 Å². The second-order valence-electron chi connectivity index (χ2n) is 0.444. The molecule has 0 aromatic rings. The summed E-state index contributed by atoms with van der Waals surface area (Å²) in [6, 6.07) is 0. The van der Waals surface area contributed by atoms with Gasteiger partial charge in [0.25, 0.3) is 0 Å². The molecule has 0 saturated heterocycles. The van der Waals surface area contributed by atoms with Crippen LogP contribution in [0.25, 0.3) is 0 Å². The first-order valence-corrected chi connectivity index (χ1v) is 3.76. The van der Waals surface area contributed by atoms with E-state index in [1.165, 1.54) is 4.70 Å². The maximum absolute atomic E-state index is 4.71. The van der Waals surface area contributed by atoms with E-state index in [1.807, 2.05) is 0 Å². The van der Waals surface area contributed by atoms with Crippen LogP contribution in [-0.2, 0) is 0 Å². The Kier molecular flexibility index (Phi) is 156. The largest absolute Gasteiger partial charge is 1.00 e. The van der Waals surface area contributed by atoms with Crippen LogP contribution in [-0.4, -0.2) is 9.02 Å². The molecule has 72 valence electrons. The molecule has 0 fully saturated rings. The Morgan fingerprint density at radius 2 is 1.42 bits per heavy atom. The first-order valence-electron chi connectivity index (χ1n) is 1.92. The first-order chi connectivity index (χ1) is 4.15. The molecule has 0 aromatic carbocycles. The van der Waals surface area contributed by atoms with Crippen LogP contribution in [0.1, 0.15) is 6.92 Å². The molecule has 0 amide bonds. The van der Waals surface area contributed by atoms with E-state index < -0.39 is 0 Å². The predicted molar refractivity (Wildman–Crippen MR) is 69.5 cm³/mol. The third-order valence-electron chi connectivity index (χ3n) is 0. The van der Waals surface area contributed by atoms with Crippen LogP contribution < -0.4 is 69.4 Å². The van der Waals surface area contributed by atoms with Crippen molar-refractivity contribution in [2.75, 3.05) is 0 Å². The van der Waals surface area contributed by atoms with Crippen LogP contribution in [0, 0.1) is 6.92 Å². The smallest absolute Gasteiger partial charge is 0.385 e. The van der Waals surface area contributed by atoms with Crippen molar-refractivity contribution in [3.8, 4) is 0 Å².